The number of benzene rings is 2. The first-order chi connectivity index (χ1) is 13.1. The van der Waals surface area contributed by atoms with Crippen molar-refractivity contribution in [3.63, 3.8) is 0 Å². The smallest absolute Gasteiger partial charge is 0.417 e. The molecule has 2 amide bonds. The molecule has 1 heterocycles. The Hall–Kier alpha value is -2.82. The third-order valence-electron chi connectivity index (χ3n) is 5.25. The lowest BCUT2D eigenvalue weighted by Crippen LogP contribution is -2.39. The van der Waals surface area contributed by atoms with Gasteiger partial charge in [0.2, 0.25) is 5.91 Å². The zero-order valence-electron chi connectivity index (χ0n) is 15.9. The molecule has 2 aromatic rings. The predicted molar refractivity (Wildman–Crippen MR) is 103 cm³/mol. The van der Waals surface area contributed by atoms with E-state index < -0.39 is 6.09 Å². The van der Waals surface area contributed by atoms with E-state index >= 15 is 0 Å². The van der Waals surface area contributed by atoms with E-state index in [0.717, 1.165) is 23.3 Å². The predicted octanol–water partition coefficient (Wildman–Crippen LogP) is 4.55. The van der Waals surface area contributed by atoms with Crippen LogP contribution >= 0.6 is 0 Å². The quantitative estimate of drug-likeness (QED) is 0.752. The number of ether oxygens (including phenoxy) is 2. The topological polar surface area (TPSA) is 55.8 Å². The highest BCUT2D eigenvalue weighted by Gasteiger charge is 2.42. The summed E-state index contributed by atoms with van der Waals surface area (Å²) in [6.07, 6.45) is 0.208. The maximum absolute atomic E-state index is 13.3. The van der Waals surface area contributed by atoms with Crippen molar-refractivity contribution in [2.24, 2.45) is 5.92 Å². The van der Waals surface area contributed by atoms with Crippen molar-refractivity contribution < 1.29 is 19.1 Å². The van der Waals surface area contributed by atoms with Gasteiger partial charge in [-0.2, -0.15) is 0 Å². The van der Waals surface area contributed by atoms with Gasteiger partial charge in [0.25, 0.3) is 0 Å². The van der Waals surface area contributed by atoms with Crippen LogP contribution < -0.4 is 4.74 Å². The van der Waals surface area contributed by atoms with Crippen molar-refractivity contribution in [3.8, 4) is 5.75 Å². The largest absolute Gasteiger partial charge is 0.497 e. The lowest BCUT2D eigenvalue weighted by Gasteiger charge is -2.28. The van der Waals surface area contributed by atoms with Gasteiger partial charge >= 0.3 is 6.09 Å². The minimum absolute atomic E-state index is 0.0163. The minimum Gasteiger partial charge on any atom is -0.497 e. The van der Waals surface area contributed by atoms with E-state index in [9.17, 15) is 9.59 Å². The lowest BCUT2D eigenvalue weighted by molar-refractivity contribution is -0.133. The molecule has 0 N–H and O–H groups in total. The minimum atomic E-state index is -0.568. The summed E-state index contributed by atoms with van der Waals surface area (Å²) < 4.78 is 10.5. The van der Waals surface area contributed by atoms with E-state index in [2.05, 4.69) is 0 Å². The molecule has 3 unspecified atom stereocenters. The summed E-state index contributed by atoms with van der Waals surface area (Å²) in [4.78, 5) is 26.9. The Balaban J connectivity index is 1.86. The molecule has 5 heteroatoms. The maximum atomic E-state index is 13.3. The van der Waals surface area contributed by atoms with Crippen LogP contribution in [-0.4, -0.2) is 30.6 Å². The number of amides is 2. The first-order valence-electron chi connectivity index (χ1n) is 9.25. The molecule has 27 heavy (non-hydrogen) atoms. The third-order valence-corrected chi connectivity index (χ3v) is 5.25. The zero-order valence-corrected chi connectivity index (χ0v) is 15.9. The molecule has 1 aliphatic rings. The number of nitrogens with zero attached hydrogens (tertiary/aromatic N) is 1. The number of methoxy groups -OCH3 is 1. The Kier molecular flexibility index (Phi) is 5.79. The molecule has 1 fully saturated rings. The molecule has 5 nitrogen and oxygen atoms in total. The summed E-state index contributed by atoms with van der Waals surface area (Å²) in [6.45, 7) is 4.12. The van der Waals surface area contributed by atoms with Crippen LogP contribution in [0.25, 0.3) is 0 Å². The van der Waals surface area contributed by atoms with Crippen molar-refractivity contribution in [1.82, 2.24) is 4.90 Å². The van der Waals surface area contributed by atoms with Gasteiger partial charge in [-0.05, 0) is 35.6 Å². The van der Waals surface area contributed by atoms with E-state index in [1.807, 2.05) is 68.4 Å². The monoisotopic (exact) mass is 367 g/mol. The fourth-order valence-corrected chi connectivity index (χ4v) is 3.73. The van der Waals surface area contributed by atoms with Gasteiger partial charge in [0.1, 0.15) is 18.4 Å². The van der Waals surface area contributed by atoms with Crippen LogP contribution in [0, 0.1) is 5.92 Å². The number of carbonyl (C=O) groups is 2. The molecule has 142 valence electrons. The Bertz CT molecular complexity index is 805. The molecule has 0 radical (unpaired) electrons. The molecule has 1 aliphatic heterocycles. The van der Waals surface area contributed by atoms with Crippen molar-refractivity contribution in [2.45, 2.75) is 32.2 Å². The molecule has 0 aliphatic carbocycles. The molecule has 2 aromatic carbocycles. The van der Waals surface area contributed by atoms with Gasteiger partial charge in [-0.1, -0.05) is 56.3 Å². The Labute approximate surface area is 159 Å². The van der Waals surface area contributed by atoms with Gasteiger partial charge in [-0.25, -0.2) is 9.69 Å². The van der Waals surface area contributed by atoms with Crippen LogP contribution in [0.5, 0.6) is 5.75 Å². The highest BCUT2D eigenvalue weighted by molar-refractivity contribution is 5.95. The summed E-state index contributed by atoms with van der Waals surface area (Å²) in [7, 11) is 1.62. The number of carbonyl (C=O) groups excluding carboxylic acids is 2. The van der Waals surface area contributed by atoms with Crippen LogP contribution in [0.15, 0.2) is 54.6 Å². The summed E-state index contributed by atoms with van der Waals surface area (Å²) in [6, 6.07) is 16.9. The molecule has 0 bridgehead atoms. The number of hydrogen-bond acceptors (Lipinski definition) is 4. The van der Waals surface area contributed by atoms with Crippen molar-refractivity contribution in [3.05, 3.63) is 65.7 Å². The third kappa shape index (κ3) is 3.82. The van der Waals surface area contributed by atoms with Crippen LogP contribution in [0.4, 0.5) is 4.79 Å². The molecule has 0 spiro atoms. The molecule has 3 atom stereocenters. The van der Waals surface area contributed by atoms with Gasteiger partial charge in [0.05, 0.1) is 7.11 Å². The van der Waals surface area contributed by atoms with Crippen molar-refractivity contribution >= 4 is 12.0 Å². The van der Waals surface area contributed by atoms with Crippen molar-refractivity contribution in [1.29, 1.82) is 0 Å². The fraction of sp³-hybridized carbons (Fsp3) is 0.364. The average molecular weight is 367 g/mol. The first-order valence-corrected chi connectivity index (χ1v) is 9.25. The van der Waals surface area contributed by atoms with Crippen LogP contribution in [0.2, 0.25) is 0 Å². The van der Waals surface area contributed by atoms with E-state index in [4.69, 9.17) is 9.47 Å². The van der Waals surface area contributed by atoms with E-state index in [0.29, 0.717) is 0 Å². The van der Waals surface area contributed by atoms with Gasteiger partial charge in [-0.15, -0.1) is 0 Å². The second-order valence-electron chi connectivity index (χ2n) is 6.79. The second kappa shape index (κ2) is 8.25. The average Bonchev–Trinajstić information content (AvgIpc) is 3.10. The van der Waals surface area contributed by atoms with Gasteiger partial charge in [0.15, 0.2) is 0 Å². The SMILES string of the molecule is CCC(c1cccc(OC)c1)C(C)C(=O)N1C(=O)OCC1c1ccccc1. The van der Waals surface area contributed by atoms with Crippen LogP contribution in [0.1, 0.15) is 43.4 Å². The van der Waals surface area contributed by atoms with E-state index in [1.54, 1.807) is 7.11 Å². The Morgan fingerprint density at radius 2 is 1.96 bits per heavy atom. The standard InChI is InChI=1S/C22H25NO4/c1-4-19(17-11-8-12-18(13-17)26-3)15(2)21(24)23-20(14-27-22(23)25)16-9-6-5-7-10-16/h5-13,15,19-20H,4,14H2,1-3H3. The van der Waals surface area contributed by atoms with E-state index in [-0.39, 0.29) is 30.4 Å². The lowest BCUT2D eigenvalue weighted by atomic mass is 9.84. The normalized spacial score (nSPS) is 18.7. The zero-order chi connectivity index (χ0) is 19.4. The van der Waals surface area contributed by atoms with Crippen molar-refractivity contribution in [2.75, 3.05) is 13.7 Å². The molecule has 0 aromatic heterocycles. The first kappa shape index (κ1) is 19.0. The summed E-state index contributed by atoms with van der Waals surface area (Å²) in [5.74, 6) is 0.172. The number of hydrogen-bond donors (Lipinski definition) is 0. The molecule has 1 saturated heterocycles. The van der Waals surface area contributed by atoms with Gasteiger partial charge in [0, 0.05) is 5.92 Å². The molecule has 3 rings (SSSR count). The number of cyclic esters (lactones) is 1. The number of imide groups is 1. The summed E-state index contributed by atoms with van der Waals surface area (Å²) in [5.41, 5.74) is 1.93. The Morgan fingerprint density at radius 3 is 2.63 bits per heavy atom. The number of rotatable bonds is 6. The van der Waals surface area contributed by atoms with Crippen LogP contribution in [0.3, 0.4) is 0 Å². The Morgan fingerprint density at radius 1 is 1.22 bits per heavy atom. The molecular formula is C22H25NO4. The summed E-state index contributed by atoms with van der Waals surface area (Å²) in [5, 5.41) is 0. The van der Waals surface area contributed by atoms with Gasteiger partial charge in [-0.3, -0.25) is 4.79 Å². The van der Waals surface area contributed by atoms with Crippen LogP contribution in [-0.2, 0) is 9.53 Å². The van der Waals surface area contributed by atoms with E-state index in [1.165, 1.54) is 4.90 Å². The summed E-state index contributed by atoms with van der Waals surface area (Å²) >= 11 is 0. The fourth-order valence-electron chi connectivity index (χ4n) is 3.73. The highest BCUT2D eigenvalue weighted by atomic mass is 16.6. The molecule has 0 saturated carbocycles. The second-order valence-corrected chi connectivity index (χ2v) is 6.79. The van der Waals surface area contributed by atoms with Gasteiger partial charge < -0.3 is 9.47 Å². The molecular weight excluding hydrogens is 342 g/mol. The maximum Gasteiger partial charge on any atom is 0.417 e. The highest BCUT2D eigenvalue weighted by Crippen LogP contribution is 2.35.